The molecule has 1 atom stereocenters. The van der Waals surface area contributed by atoms with E-state index >= 15 is 0 Å². The molecule has 0 aromatic carbocycles. The number of hydrogen-bond acceptors (Lipinski definition) is 4. The first-order chi connectivity index (χ1) is 12.1. The molecular weight excluding hydrogens is 318 g/mol. The number of amides is 2. The van der Waals surface area contributed by atoms with Crippen molar-refractivity contribution in [3.8, 4) is 0 Å². The summed E-state index contributed by atoms with van der Waals surface area (Å²) in [4.78, 5) is 31.8. The van der Waals surface area contributed by atoms with Crippen molar-refractivity contribution in [3.05, 3.63) is 0 Å². The number of rotatable bonds is 5. The summed E-state index contributed by atoms with van der Waals surface area (Å²) in [6.07, 6.45) is 7.64. The van der Waals surface area contributed by atoms with Gasteiger partial charge < -0.3 is 14.5 Å². The third-order valence-corrected chi connectivity index (χ3v) is 6.14. The number of ether oxygens (including phenoxy) is 1. The summed E-state index contributed by atoms with van der Waals surface area (Å²) in [5, 5.41) is 0. The Balaban J connectivity index is 1.55. The Morgan fingerprint density at radius 3 is 2.52 bits per heavy atom. The van der Waals surface area contributed by atoms with Crippen LogP contribution in [0.4, 0.5) is 0 Å². The van der Waals surface area contributed by atoms with Gasteiger partial charge in [0.2, 0.25) is 11.8 Å². The highest BCUT2D eigenvalue weighted by molar-refractivity contribution is 5.84. The van der Waals surface area contributed by atoms with E-state index in [4.69, 9.17) is 4.74 Å². The molecule has 0 radical (unpaired) electrons. The van der Waals surface area contributed by atoms with E-state index in [1.807, 2.05) is 9.80 Å². The van der Waals surface area contributed by atoms with Crippen LogP contribution in [0.1, 0.15) is 44.9 Å². The SMILES string of the molecule is COCCN1CCCC2(CCN(CC(=O)N3CCCCCC3)C2)C1=O. The Labute approximate surface area is 151 Å². The molecule has 3 saturated heterocycles. The molecule has 3 rings (SSSR count). The normalized spacial score (nSPS) is 28.6. The molecule has 25 heavy (non-hydrogen) atoms. The smallest absolute Gasteiger partial charge is 0.236 e. The number of methoxy groups -OCH3 is 1. The zero-order valence-electron chi connectivity index (χ0n) is 15.7. The lowest BCUT2D eigenvalue weighted by Gasteiger charge is -2.39. The largest absolute Gasteiger partial charge is 0.383 e. The van der Waals surface area contributed by atoms with E-state index in [1.165, 1.54) is 12.8 Å². The summed E-state index contributed by atoms with van der Waals surface area (Å²) < 4.78 is 5.14. The van der Waals surface area contributed by atoms with Crippen molar-refractivity contribution in [1.82, 2.24) is 14.7 Å². The summed E-state index contributed by atoms with van der Waals surface area (Å²) in [6, 6.07) is 0. The minimum Gasteiger partial charge on any atom is -0.383 e. The fraction of sp³-hybridized carbons (Fsp3) is 0.895. The van der Waals surface area contributed by atoms with Gasteiger partial charge in [-0.2, -0.15) is 0 Å². The van der Waals surface area contributed by atoms with Gasteiger partial charge in [0.1, 0.15) is 0 Å². The Hall–Kier alpha value is -1.14. The number of nitrogens with zero attached hydrogens (tertiary/aromatic N) is 3. The maximum atomic E-state index is 13.0. The van der Waals surface area contributed by atoms with Gasteiger partial charge in [0.25, 0.3) is 0 Å². The van der Waals surface area contributed by atoms with Crippen LogP contribution in [0, 0.1) is 5.41 Å². The molecule has 1 unspecified atom stereocenters. The van der Waals surface area contributed by atoms with E-state index in [9.17, 15) is 9.59 Å². The highest BCUT2D eigenvalue weighted by Crippen LogP contribution is 2.39. The van der Waals surface area contributed by atoms with Gasteiger partial charge in [-0.1, -0.05) is 12.8 Å². The molecule has 0 aromatic heterocycles. The molecule has 6 nitrogen and oxygen atoms in total. The number of hydrogen-bond donors (Lipinski definition) is 0. The Morgan fingerprint density at radius 2 is 1.80 bits per heavy atom. The first-order valence-corrected chi connectivity index (χ1v) is 9.93. The number of carbonyl (C=O) groups is 2. The summed E-state index contributed by atoms with van der Waals surface area (Å²) >= 11 is 0. The lowest BCUT2D eigenvalue weighted by atomic mass is 9.78. The van der Waals surface area contributed by atoms with E-state index in [-0.39, 0.29) is 17.2 Å². The summed E-state index contributed by atoms with van der Waals surface area (Å²) in [7, 11) is 1.68. The van der Waals surface area contributed by atoms with Crippen molar-refractivity contribution in [2.24, 2.45) is 5.41 Å². The molecule has 142 valence electrons. The molecule has 0 bridgehead atoms. The molecule has 0 aromatic rings. The highest BCUT2D eigenvalue weighted by Gasteiger charge is 2.48. The fourth-order valence-corrected chi connectivity index (χ4v) is 4.65. The lowest BCUT2D eigenvalue weighted by molar-refractivity contribution is -0.146. The lowest BCUT2D eigenvalue weighted by Crippen LogP contribution is -2.51. The van der Waals surface area contributed by atoms with E-state index in [0.717, 1.165) is 64.8 Å². The van der Waals surface area contributed by atoms with E-state index in [0.29, 0.717) is 19.7 Å². The minimum absolute atomic E-state index is 0.249. The van der Waals surface area contributed by atoms with Crippen LogP contribution in [0.3, 0.4) is 0 Å². The first kappa shape index (κ1) is 18.6. The van der Waals surface area contributed by atoms with Crippen LogP contribution in [0.2, 0.25) is 0 Å². The van der Waals surface area contributed by atoms with E-state index in [1.54, 1.807) is 7.11 Å². The second-order valence-corrected chi connectivity index (χ2v) is 7.92. The molecule has 3 fully saturated rings. The monoisotopic (exact) mass is 351 g/mol. The van der Waals surface area contributed by atoms with Crippen molar-refractivity contribution in [2.75, 3.05) is 59.5 Å². The van der Waals surface area contributed by atoms with Crippen molar-refractivity contribution < 1.29 is 14.3 Å². The summed E-state index contributed by atoms with van der Waals surface area (Å²) in [5.74, 6) is 0.527. The van der Waals surface area contributed by atoms with Crippen LogP contribution in [0.15, 0.2) is 0 Å². The van der Waals surface area contributed by atoms with Gasteiger partial charge in [0, 0.05) is 39.8 Å². The van der Waals surface area contributed by atoms with Gasteiger partial charge in [0.05, 0.1) is 18.6 Å². The van der Waals surface area contributed by atoms with Crippen LogP contribution in [-0.4, -0.2) is 86.0 Å². The predicted octanol–water partition coefficient (Wildman–Crippen LogP) is 1.35. The molecule has 6 heteroatoms. The second kappa shape index (κ2) is 8.49. The predicted molar refractivity (Wildman–Crippen MR) is 96.2 cm³/mol. The van der Waals surface area contributed by atoms with Gasteiger partial charge in [0.15, 0.2) is 0 Å². The van der Waals surface area contributed by atoms with Crippen molar-refractivity contribution in [2.45, 2.75) is 44.9 Å². The van der Waals surface area contributed by atoms with Gasteiger partial charge in [-0.3, -0.25) is 14.5 Å². The summed E-state index contributed by atoms with van der Waals surface area (Å²) in [5.41, 5.74) is -0.259. The van der Waals surface area contributed by atoms with Crippen LogP contribution in [-0.2, 0) is 14.3 Å². The quantitative estimate of drug-likeness (QED) is 0.750. The standard InChI is InChI=1S/C19H33N3O3/c1-25-14-13-22-11-6-7-19(18(22)24)8-12-20(16-19)15-17(23)21-9-4-2-3-5-10-21/h2-16H2,1H3. The van der Waals surface area contributed by atoms with Gasteiger partial charge in [-0.05, 0) is 38.6 Å². The number of piperidine rings is 1. The van der Waals surface area contributed by atoms with Crippen LogP contribution in [0.25, 0.3) is 0 Å². The third kappa shape index (κ3) is 4.34. The molecule has 0 N–H and O–H groups in total. The van der Waals surface area contributed by atoms with Crippen LogP contribution < -0.4 is 0 Å². The van der Waals surface area contributed by atoms with Gasteiger partial charge in [-0.25, -0.2) is 0 Å². The number of likely N-dealkylation sites (tertiary alicyclic amines) is 3. The van der Waals surface area contributed by atoms with Gasteiger partial charge in [-0.15, -0.1) is 0 Å². The average molecular weight is 351 g/mol. The Kier molecular flexibility index (Phi) is 6.34. The van der Waals surface area contributed by atoms with E-state index in [2.05, 4.69) is 4.90 Å². The molecular formula is C19H33N3O3. The van der Waals surface area contributed by atoms with Crippen LogP contribution >= 0.6 is 0 Å². The molecule has 3 aliphatic heterocycles. The summed E-state index contributed by atoms with van der Waals surface area (Å²) in [6.45, 7) is 6.02. The van der Waals surface area contributed by atoms with Crippen LogP contribution in [0.5, 0.6) is 0 Å². The Bertz CT molecular complexity index is 477. The molecule has 1 spiro atoms. The second-order valence-electron chi connectivity index (χ2n) is 7.92. The zero-order chi connectivity index (χ0) is 17.7. The highest BCUT2D eigenvalue weighted by atomic mass is 16.5. The molecule has 3 aliphatic rings. The fourth-order valence-electron chi connectivity index (χ4n) is 4.65. The van der Waals surface area contributed by atoms with Gasteiger partial charge >= 0.3 is 0 Å². The van der Waals surface area contributed by atoms with Crippen molar-refractivity contribution in [1.29, 1.82) is 0 Å². The Morgan fingerprint density at radius 1 is 1.04 bits per heavy atom. The van der Waals surface area contributed by atoms with E-state index < -0.39 is 0 Å². The minimum atomic E-state index is -0.259. The average Bonchev–Trinajstić information content (AvgIpc) is 2.83. The van der Waals surface area contributed by atoms with Crippen molar-refractivity contribution in [3.63, 3.8) is 0 Å². The third-order valence-electron chi connectivity index (χ3n) is 6.14. The molecule has 2 amide bonds. The number of carbonyl (C=O) groups excluding carboxylic acids is 2. The van der Waals surface area contributed by atoms with Crippen molar-refractivity contribution >= 4 is 11.8 Å². The topological polar surface area (TPSA) is 53.1 Å². The maximum Gasteiger partial charge on any atom is 0.236 e. The molecule has 0 aliphatic carbocycles. The first-order valence-electron chi connectivity index (χ1n) is 9.93. The zero-order valence-corrected chi connectivity index (χ0v) is 15.7. The molecule has 3 heterocycles. The maximum absolute atomic E-state index is 13.0. The molecule has 0 saturated carbocycles.